The summed E-state index contributed by atoms with van der Waals surface area (Å²) in [5, 5.41) is 9.52. The molecule has 0 saturated carbocycles. The monoisotopic (exact) mass is 306 g/mol. The van der Waals surface area contributed by atoms with Gasteiger partial charge in [0, 0.05) is 30.0 Å². The molecule has 0 bridgehead atoms. The average molecular weight is 307 g/mol. The minimum atomic E-state index is -3.51. The molecule has 0 radical (unpaired) electrons. The van der Waals surface area contributed by atoms with Crippen LogP contribution in [0.3, 0.4) is 0 Å². The second-order valence-corrected chi connectivity index (χ2v) is 6.96. The SMILES string of the molecule is CC1(O)CN(S(=O)(=O)c2cncc(Br)c2)C1. The third-order valence-corrected chi connectivity index (χ3v) is 4.54. The van der Waals surface area contributed by atoms with Crippen molar-refractivity contribution in [3.63, 3.8) is 0 Å². The number of hydrogen-bond donors (Lipinski definition) is 1. The lowest BCUT2D eigenvalue weighted by molar-refractivity contribution is -0.0426. The highest BCUT2D eigenvalue weighted by Gasteiger charge is 2.43. The van der Waals surface area contributed by atoms with E-state index in [4.69, 9.17) is 0 Å². The fourth-order valence-corrected chi connectivity index (χ4v) is 3.75. The van der Waals surface area contributed by atoms with E-state index in [1.807, 2.05) is 0 Å². The van der Waals surface area contributed by atoms with E-state index in [2.05, 4.69) is 20.9 Å². The lowest BCUT2D eigenvalue weighted by atomic mass is 10.0. The lowest BCUT2D eigenvalue weighted by Crippen LogP contribution is -2.61. The van der Waals surface area contributed by atoms with Gasteiger partial charge in [-0.3, -0.25) is 4.98 Å². The second-order valence-electron chi connectivity index (χ2n) is 4.11. The van der Waals surface area contributed by atoms with Crippen molar-refractivity contribution in [2.75, 3.05) is 13.1 Å². The first-order chi connectivity index (χ1) is 7.31. The fourth-order valence-electron chi connectivity index (χ4n) is 1.57. The minimum absolute atomic E-state index is 0.127. The topological polar surface area (TPSA) is 70.5 Å². The molecule has 0 aliphatic carbocycles. The smallest absolute Gasteiger partial charge is 0.244 e. The predicted octanol–water partition coefficient (Wildman–Crippen LogP) is 0.599. The maximum atomic E-state index is 12.0. The Hall–Kier alpha value is -0.500. The van der Waals surface area contributed by atoms with Gasteiger partial charge in [0.1, 0.15) is 4.90 Å². The number of pyridine rings is 1. The van der Waals surface area contributed by atoms with Crippen LogP contribution in [0.4, 0.5) is 0 Å². The molecule has 5 nitrogen and oxygen atoms in total. The standard InChI is InChI=1S/C9H11BrN2O3S/c1-9(13)5-12(6-9)16(14,15)8-2-7(10)3-11-4-8/h2-4,13H,5-6H2,1H3. The first-order valence-electron chi connectivity index (χ1n) is 4.64. The number of nitrogens with zero attached hydrogens (tertiary/aromatic N) is 2. The Morgan fingerprint density at radius 3 is 2.62 bits per heavy atom. The van der Waals surface area contributed by atoms with Gasteiger partial charge in [0.15, 0.2) is 0 Å². The zero-order valence-electron chi connectivity index (χ0n) is 8.59. The molecule has 1 fully saturated rings. The molecule has 7 heteroatoms. The van der Waals surface area contributed by atoms with E-state index in [1.165, 1.54) is 22.8 Å². The molecule has 1 aromatic rings. The van der Waals surface area contributed by atoms with Gasteiger partial charge in [-0.25, -0.2) is 8.42 Å². The van der Waals surface area contributed by atoms with Crippen molar-refractivity contribution in [3.8, 4) is 0 Å². The van der Waals surface area contributed by atoms with Crippen LogP contribution in [0, 0.1) is 0 Å². The van der Waals surface area contributed by atoms with Crippen LogP contribution in [0.15, 0.2) is 27.8 Å². The van der Waals surface area contributed by atoms with Crippen molar-refractivity contribution >= 4 is 26.0 Å². The van der Waals surface area contributed by atoms with Crippen LogP contribution in [0.5, 0.6) is 0 Å². The third kappa shape index (κ3) is 2.13. The zero-order chi connectivity index (χ0) is 12.0. The molecule has 0 unspecified atom stereocenters. The molecular formula is C9H11BrN2O3S. The molecule has 0 aromatic carbocycles. The molecule has 2 heterocycles. The van der Waals surface area contributed by atoms with E-state index >= 15 is 0 Å². The number of aromatic nitrogens is 1. The molecule has 0 amide bonds. The highest BCUT2D eigenvalue weighted by atomic mass is 79.9. The van der Waals surface area contributed by atoms with Crippen LogP contribution in [0.1, 0.15) is 6.92 Å². The summed E-state index contributed by atoms with van der Waals surface area (Å²) in [4.78, 5) is 3.95. The molecule has 16 heavy (non-hydrogen) atoms. The van der Waals surface area contributed by atoms with Gasteiger partial charge in [0.25, 0.3) is 0 Å². The van der Waals surface area contributed by atoms with Gasteiger partial charge in [-0.15, -0.1) is 0 Å². The van der Waals surface area contributed by atoms with E-state index in [0.29, 0.717) is 4.47 Å². The van der Waals surface area contributed by atoms with E-state index < -0.39 is 15.6 Å². The molecule has 1 aliphatic rings. The number of hydrogen-bond acceptors (Lipinski definition) is 4. The number of rotatable bonds is 2. The Bertz CT molecular complexity index is 507. The Morgan fingerprint density at radius 2 is 2.12 bits per heavy atom. The summed E-state index contributed by atoms with van der Waals surface area (Å²) in [6.07, 6.45) is 2.82. The van der Waals surface area contributed by atoms with Crippen LogP contribution in [-0.4, -0.2) is 41.5 Å². The van der Waals surface area contributed by atoms with E-state index in [-0.39, 0.29) is 18.0 Å². The molecular weight excluding hydrogens is 296 g/mol. The molecule has 1 N–H and O–H groups in total. The average Bonchev–Trinajstić information content (AvgIpc) is 2.14. The molecule has 2 rings (SSSR count). The third-order valence-electron chi connectivity index (χ3n) is 2.35. The minimum Gasteiger partial charge on any atom is -0.387 e. The van der Waals surface area contributed by atoms with Crippen LogP contribution in [0.25, 0.3) is 0 Å². The summed E-state index contributed by atoms with van der Waals surface area (Å²) < 4.78 is 25.9. The van der Waals surface area contributed by atoms with E-state index in [0.717, 1.165) is 0 Å². The normalized spacial score (nSPS) is 20.4. The number of aliphatic hydroxyl groups is 1. The summed E-state index contributed by atoms with van der Waals surface area (Å²) in [6, 6.07) is 1.50. The Morgan fingerprint density at radius 1 is 1.50 bits per heavy atom. The first kappa shape index (κ1) is 12.0. The summed E-state index contributed by atoms with van der Waals surface area (Å²) in [5.74, 6) is 0. The fraction of sp³-hybridized carbons (Fsp3) is 0.444. The quantitative estimate of drug-likeness (QED) is 0.868. The summed E-state index contributed by atoms with van der Waals surface area (Å²) in [5.41, 5.74) is -0.910. The Kier molecular flexibility index (Phi) is 2.82. The van der Waals surface area contributed by atoms with Gasteiger partial charge in [0.05, 0.1) is 5.60 Å². The van der Waals surface area contributed by atoms with E-state index in [9.17, 15) is 13.5 Å². The summed E-state index contributed by atoms with van der Waals surface area (Å²) >= 11 is 3.17. The number of sulfonamides is 1. The lowest BCUT2D eigenvalue weighted by Gasteiger charge is -2.42. The summed E-state index contributed by atoms with van der Waals surface area (Å²) in [6.45, 7) is 1.86. The first-order valence-corrected chi connectivity index (χ1v) is 6.88. The predicted molar refractivity (Wildman–Crippen MR) is 61.3 cm³/mol. The van der Waals surface area contributed by atoms with Gasteiger partial charge in [-0.2, -0.15) is 4.31 Å². The molecule has 0 atom stereocenters. The van der Waals surface area contributed by atoms with Crippen LogP contribution in [0.2, 0.25) is 0 Å². The van der Waals surface area contributed by atoms with Crippen molar-refractivity contribution in [1.82, 2.24) is 9.29 Å². The largest absolute Gasteiger partial charge is 0.387 e. The van der Waals surface area contributed by atoms with Gasteiger partial charge >= 0.3 is 0 Å². The Labute approximate surface area is 102 Å². The van der Waals surface area contributed by atoms with Gasteiger partial charge in [0.2, 0.25) is 10.0 Å². The van der Waals surface area contributed by atoms with Crippen molar-refractivity contribution in [1.29, 1.82) is 0 Å². The Balaban J connectivity index is 2.28. The van der Waals surface area contributed by atoms with Gasteiger partial charge in [-0.05, 0) is 28.9 Å². The number of halogens is 1. The van der Waals surface area contributed by atoms with Crippen molar-refractivity contribution in [2.24, 2.45) is 0 Å². The van der Waals surface area contributed by atoms with Crippen LogP contribution in [-0.2, 0) is 10.0 Å². The van der Waals surface area contributed by atoms with Gasteiger partial charge < -0.3 is 5.11 Å². The van der Waals surface area contributed by atoms with Crippen molar-refractivity contribution in [2.45, 2.75) is 17.4 Å². The maximum Gasteiger partial charge on any atom is 0.244 e. The molecule has 88 valence electrons. The molecule has 1 saturated heterocycles. The van der Waals surface area contributed by atoms with E-state index in [1.54, 1.807) is 6.92 Å². The number of β-amino-alcohol motifs (C(OH)–C–C–N with tert-alkyl or cyclic N) is 1. The van der Waals surface area contributed by atoms with Crippen molar-refractivity contribution < 1.29 is 13.5 Å². The second kappa shape index (κ2) is 3.76. The molecule has 1 aromatic heterocycles. The maximum absolute atomic E-state index is 12.0. The van der Waals surface area contributed by atoms with Gasteiger partial charge in [-0.1, -0.05) is 0 Å². The van der Waals surface area contributed by atoms with Crippen LogP contribution >= 0.6 is 15.9 Å². The zero-order valence-corrected chi connectivity index (χ0v) is 11.0. The highest BCUT2D eigenvalue weighted by molar-refractivity contribution is 9.10. The highest BCUT2D eigenvalue weighted by Crippen LogP contribution is 2.28. The van der Waals surface area contributed by atoms with Crippen LogP contribution < -0.4 is 0 Å². The molecule has 0 spiro atoms. The molecule has 1 aliphatic heterocycles. The summed E-state index contributed by atoms with van der Waals surface area (Å²) in [7, 11) is -3.51. The van der Waals surface area contributed by atoms with Crippen molar-refractivity contribution in [3.05, 3.63) is 22.9 Å².